The molecule has 0 aliphatic carbocycles. The third kappa shape index (κ3) is 4.80. The van der Waals surface area contributed by atoms with Gasteiger partial charge in [0.05, 0.1) is 0 Å². The summed E-state index contributed by atoms with van der Waals surface area (Å²) in [6.07, 6.45) is -0.607. The predicted octanol–water partition coefficient (Wildman–Crippen LogP) is 6.06. The van der Waals surface area contributed by atoms with E-state index in [1.54, 1.807) is 6.92 Å². The van der Waals surface area contributed by atoms with E-state index in [4.69, 9.17) is 4.74 Å². The minimum Gasteiger partial charge on any atom is -0.481 e. The van der Waals surface area contributed by atoms with E-state index in [2.05, 4.69) is 26.1 Å². The number of hydrogen-bond acceptors (Lipinski definition) is 2. The molecule has 1 atom stereocenters. The first-order chi connectivity index (χ1) is 13.3. The molecule has 3 aromatic rings. The Morgan fingerprint density at radius 3 is 2.11 bits per heavy atom. The number of nitrogens with one attached hydrogen (secondary N) is 1. The Labute approximate surface area is 167 Å². The molecule has 3 heteroatoms. The van der Waals surface area contributed by atoms with Crippen molar-refractivity contribution in [1.29, 1.82) is 0 Å². The van der Waals surface area contributed by atoms with Crippen LogP contribution in [0.4, 0.5) is 5.69 Å². The second kappa shape index (κ2) is 8.30. The second-order valence-corrected chi connectivity index (χ2v) is 7.94. The highest BCUT2D eigenvalue weighted by Gasteiger charge is 2.18. The summed E-state index contributed by atoms with van der Waals surface area (Å²) in [5, 5.41) is 3.00. The van der Waals surface area contributed by atoms with Crippen molar-refractivity contribution in [3.8, 4) is 16.9 Å². The lowest BCUT2D eigenvalue weighted by atomic mass is 9.87. The Bertz CT molecular complexity index is 925. The van der Waals surface area contributed by atoms with Gasteiger partial charge in [-0.1, -0.05) is 81.4 Å². The van der Waals surface area contributed by atoms with Crippen molar-refractivity contribution in [2.24, 2.45) is 0 Å². The highest BCUT2D eigenvalue weighted by molar-refractivity contribution is 5.98. The van der Waals surface area contributed by atoms with Crippen LogP contribution < -0.4 is 10.1 Å². The van der Waals surface area contributed by atoms with Crippen LogP contribution in [0.15, 0.2) is 78.9 Å². The molecule has 3 nitrogen and oxygen atoms in total. The van der Waals surface area contributed by atoms with Gasteiger partial charge in [-0.2, -0.15) is 0 Å². The number of para-hydroxylation sites is 1. The summed E-state index contributed by atoms with van der Waals surface area (Å²) in [7, 11) is 0. The van der Waals surface area contributed by atoms with Gasteiger partial charge in [-0.15, -0.1) is 0 Å². The van der Waals surface area contributed by atoms with Gasteiger partial charge in [0.2, 0.25) is 0 Å². The molecule has 1 amide bonds. The average molecular weight is 373 g/mol. The van der Waals surface area contributed by atoms with Crippen molar-refractivity contribution in [3.05, 3.63) is 84.4 Å². The Hall–Kier alpha value is -3.07. The molecule has 0 aliphatic heterocycles. The van der Waals surface area contributed by atoms with Crippen molar-refractivity contribution in [1.82, 2.24) is 0 Å². The maximum Gasteiger partial charge on any atom is 0.265 e. The first-order valence-corrected chi connectivity index (χ1v) is 9.57. The summed E-state index contributed by atoms with van der Waals surface area (Å²) in [5.74, 6) is 0.510. The van der Waals surface area contributed by atoms with Gasteiger partial charge in [0.15, 0.2) is 6.10 Å². The molecule has 0 aliphatic rings. The number of hydrogen-bond donors (Lipinski definition) is 1. The fourth-order valence-electron chi connectivity index (χ4n) is 2.99. The van der Waals surface area contributed by atoms with Crippen LogP contribution in [0.5, 0.6) is 5.75 Å². The van der Waals surface area contributed by atoms with Crippen LogP contribution in [-0.2, 0) is 10.2 Å². The lowest BCUT2D eigenvalue weighted by molar-refractivity contribution is -0.122. The van der Waals surface area contributed by atoms with E-state index in [-0.39, 0.29) is 11.3 Å². The fourth-order valence-corrected chi connectivity index (χ4v) is 2.99. The first-order valence-electron chi connectivity index (χ1n) is 9.57. The summed E-state index contributed by atoms with van der Waals surface area (Å²) in [6, 6.07) is 25.7. The van der Waals surface area contributed by atoms with Crippen molar-refractivity contribution in [2.45, 2.75) is 39.2 Å². The van der Waals surface area contributed by atoms with Crippen LogP contribution in [0.1, 0.15) is 33.3 Å². The SMILES string of the molecule is C[C@@H](Oc1ccc(C(C)(C)C)cc1)C(=O)Nc1ccccc1-c1ccccc1. The molecule has 3 rings (SSSR count). The maximum absolute atomic E-state index is 12.7. The molecule has 0 saturated carbocycles. The summed E-state index contributed by atoms with van der Waals surface area (Å²) >= 11 is 0. The van der Waals surface area contributed by atoms with Gasteiger partial charge in [0, 0.05) is 11.3 Å². The lowest BCUT2D eigenvalue weighted by Crippen LogP contribution is -2.30. The Balaban J connectivity index is 1.70. The highest BCUT2D eigenvalue weighted by Crippen LogP contribution is 2.28. The molecular formula is C25H27NO2. The fraction of sp³-hybridized carbons (Fsp3) is 0.240. The molecule has 0 spiro atoms. The van der Waals surface area contributed by atoms with Gasteiger partial charge in [0.1, 0.15) is 5.75 Å². The quantitative estimate of drug-likeness (QED) is 0.590. The molecule has 0 saturated heterocycles. The minimum absolute atomic E-state index is 0.0860. The predicted molar refractivity (Wildman–Crippen MR) is 116 cm³/mol. The molecule has 0 unspecified atom stereocenters. The Kier molecular flexibility index (Phi) is 5.84. The molecule has 0 heterocycles. The molecule has 0 bridgehead atoms. The van der Waals surface area contributed by atoms with Gasteiger partial charge in [-0.05, 0) is 41.7 Å². The normalized spacial score (nSPS) is 12.3. The topological polar surface area (TPSA) is 38.3 Å². The highest BCUT2D eigenvalue weighted by atomic mass is 16.5. The maximum atomic E-state index is 12.7. The van der Waals surface area contributed by atoms with Crippen LogP contribution in [0, 0.1) is 0 Å². The van der Waals surface area contributed by atoms with E-state index >= 15 is 0 Å². The molecule has 0 radical (unpaired) electrons. The number of carbonyl (C=O) groups is 1. The third-order valence-electron chi connectivity index (χ3n) is 4.67. The molecule has 144 valence electrons. The number of benzene rings is 3. The summed E-state index contributed by atoms with van der Waals surface area (Å²) in [4.78, 5) is 12.7. The minimum atomic E-state index is -0.607. The van der Waals surface area contributed by atoms with Gasteiger partial charge in [-0.25, -0.2) is 0 Å². The smallest absolute Gasteiger partial charge is 0.265 e. The average Bonchev–Trinajstić information content (AvgIpc) is 2.69. The zero-order chi connectivity index (χ0) is 20.1. The number of amides is 1. The van der Waals surface area contributed by atoms with Crippen molar-refractivity contribution in [2.75, 3.05) is 5.32 Å². The number of rotatable bonds is 5. The number of carbonyl (C=O) groups excluding carboxylic acids is 1. The Morgan fingerprint density at radius 2 is 1.46 bits per heavy atom. The number of anilines is 1. The zero-order valence-corrected chi connectivity index (χ0v) is 16.9. The van der Waals surface area contributed by atoms with Crippen LogP contribution >= 0.6 is 0 Å². The van der Waals surface area contributed by atoms with E-state index in [1.165, 1.54) is 5.56 Å². The molecule has 0 fully saturated rings. The monoisotopic (exact) mass is 373 g/mol. The summed E-state index contributed by atoms with van der Waals surface area (Å²) < 4.78 is 5.85. The second-order valence-electron chi connectivity index (χ2n) is 7.94. The molecule has 3 aromatic carbocycles. The van der Waals surface area contributed by atoms with Crippen molar-refractivity contribution < 1.29 is 9.53 Å². The number of ether oxygens (including phenoxy) is 1. The van der Waals surface area contributed by atoms with Crippen LogP contribution in [0.2, 0.25) is 0 Å². The van der Waals surface area contributed by atoms with Gasteiger partial charge >= 0.3 is 0 Å². The first kappa shape index (κ1) is 19.7. The summed E-state index contributed by atoms with van der Waals surface area (Å²) in [5.41, 5.74) is 4.14. The lowest BCUT2D eigenvalue weighted by Gasteiger charge is -2.20. The largest absolute Gasteiger partial charge is 0.481 e. The standard InChI is InChI=1S/C25H27NO2/c1-18(28-21-16-14-20(15-17-21)25(2,3)4)24(27)26-23-13-9-8-12-22(23)19-10-6-5-7-11-19/h5-18H,1-4H3,(H,26,27)/t18-/m1/s1. The van der Waals surface area contributed by atoms with E-state index in [1.807, 2.05) is 78.9 Å². The molecule has 1 N–H and O–H groups in total. The van der Waals surface area contributed by atoms with Gasteiger partial charge in [0.25, 0.3) is 5.91 Å². The van der Waals surface area contributed by atoms with Gasteiger partial charge < -0.3 is 10.1 Å². The molecular weight excluding hydrogens is 346 g/mol. The van der Waals surface area contributed by atoms with Crippen LogP contribution in [-0.4, -0.2) is 12.0 Å². The summed E-state index contributed by atoms with van der Waals surface area (Å²) in [6.45, 7) is 8.27. The molecule has 28 heavy (non-hydrogen) atoms. The van der Waals surface area contributed by atoms with E-state index in [0.29, 0.717) is 5.75 Å². The van der Waals surface area contributed by atoms with Gasteiger partial charge in [-0.3, -0.25) is 4.79 Å². The van der Waals surface area contributed by atoms with Crippen molar-refractivity contribution in [3.63, 3.8) is 0 Å². The van der Waals surface area contributed by atoms with E-state index in [0.717, 1.165) is 16.8 Å². The van der Waals surface area contributed by atoms with E-state index < -0.39 is 6.10 Å². The van der Waals surface area contributed by atoms with Crippen LogP contribution in [0.3, 0.4) is 0 Å². The van der Waals surface area contributed by atoms with E-state index in [9.17, 15) is 4.79 Å². The van der Waals surface area contributed by atoms with Crippen molar-refractivity contribution >= 4 is 11.6 Å². The van der Waals surface area contributed by atoms with Crippen LogP contribution in [0.25, 0.3) is 11.1 Å². The zero-order valence-electron chi connectivity index (χ0n) is 16.9. The molecule has 0 aromatic heterocycles. The Morgan fingerprint density at radius 1 is 0.857 bits per heavy atom. The third-order valence-corrected chi connectivity index (χ3v) is 4.67.